The Balaban J connectivity index is 1.90. The number of alkyl halides is 3. The van der Waals surface area contributed by atoms with E-state index in [2.05, 4.69) is 25.6 Å². The third-order valence-corrected chi connectivity index (χ3v) is 5.05. The van der Waals surface area contributed by atoms with E-state index in [4.69, 9.17) is 0 Å². The molecule has 0 unspecified atom stereocenters. The highest BCUT2D eigenvalue weighted by atomic mass is 19.4. The van der Waals surface area contributed by atoms with Crippen LogP contribution in [0.15, 0.2) is 64.4 Å². The summed E-state index contributed by atoms with van der Waals surface area (Å²) in [6.07, 6.45) is -1.78. The molecule has 32 heavy (non-hydrogen) atoms. The number of aromatic amines is 1. The molecule has 0 aliphatic carbocycles. The summed E-state index contributed by atoms with van der Waals surface area (Å²) in [4.78, 5) is 30.9. The number of hydrogen-bond donors (Lipinski definition) is 1. The van der Waals surface area contributed by atoms with Gasteiger partial charge in [0.2, 0.25) is 0 Å². The minimum absolute atomic E-state index is 0.0160. The Labute approximate surface area is 175 Å². The third-order valence-electron chi connectivity index (χ3n) is 5.05. The highest BCUT2D eigenvalue weighted by Gasteiger charge is 2.31. The number of nitrogens with one attached hydrogen (secondary N) is 1. The number of aromatic nitrogens is 7. The molecule has 0 saturated carbocycles. The molecule has 12 heteroatoms. The number of H-pyrrole nitrogens is 1. The van der Waals surface area contributed by atoms with E-state index in [1.807, 2.05) is 0 Å². The lowest BCUT2D eigenvalue weighted by atomic mass is 10.1. The lowest BCUT2D eigenvalue weighted by Crippen LogP contribution is -2.39. The van der Waals surface area contributed by atoms with Crippen molar-refractivity contribution in [3.8, 4) is 5.69 Å². The molecule has 3 heterocycles. The molecular weight excluding hydrogens is 427 g/mol. The van der Waals surface area contributed by atoms with Crippen molar-refractivity contribution in [1.82, 2.24) is 34.7 Å². The first-order chi connectivity index (χ1) is 15.3. The summed E-state index contributed by atoms with van der Waals surface area (Å²) in [6.45, 7) is -0.213. The van der Waals surface area contributed by atoms with Gasteiger partial charge in [-0.1, -0.05) is 29.5 Å². The Morgan fingerprint density at radius 2 is 1.81 bits per heavy atom. The van der Waals surface area contributed by atoms with Crippen LogP contribution < -0.4 is 11.2 Å². The van der Waals surface area contributed by atoms with Gasteiger partial charge in [-0.3, -0.25) is 14.3 Å². The molecule has 0 atom stereocenters. The normalized spacial score (nSPS) is 12.0. The zero-order valence-electron chi connectivity index (χ0n) is 16.0. The largest absolute Gasteiger partial charge is 0.416 e. The molecule has 0 saturated heterocycles. The molecule has 0 amide bonds. The van der Waals surface area contributed by atoms with Crippen LogP contribution in [0.1, 0.15) is 11.4 Å². The fourth-order valence-corrected chi connectivity index (χ4v) is 3.59. The van der Waals surface area contributed by atoms with E-state index in [9.17, 15) is 22.8 Å². The maximum atomic E-state index is 13.4. The van der Waals surface area contributed by atoms with Crippen LogP contribution in [-0.2, 0) is 12.7 Å². The van der Waals surface area contributed by atoms with Gasteiger partial charge < -0.3 is 0 Å². The van der Waals surface area contributed by atoms with Crippen molar-refractivity contribution in [2.24, 2.45) is 0 Å². The fourth-order valence-electron chi connectivity index (χ4n) is 3.59. The number of fused-ring (bicyclic) bond motifs is 2. The summed E-state index contributed by atoms with van der Waals surface area (Å²) in [6, 6.07) is 9.57. The van der Waals surface area contributed by atoms with Gasteiger partial charge in [0, 0.05) is 17.0 Å². The van der Waals surface area contributed by atoms with Gasteiger partial charge in [0.15, 0.2) is 5.82 Å². The predicted molar refractivity (Wildman–Crippen MR) is 107 cm³/mol. The number of halogens is 3. The van der Waals surface area contributed by atoms with Crippen LogP contribution in [0.25, 0.3) is 27.4 Å². The van der Waals surface area contributed by atoms with E-state index in [0.717, 1.165) is 27.3 Å². The standard InChI is InChI=1S/C20H12F3N7O2/c21-20(22,23)12-5-6-15-14(7-12)18(31)30(19(32)29(15)10-17-25-27-28-26-17)16-9-24-8-11-3-1-2-4-13(11)16/h1-9H,10H2,(H,25,26,27,28). The molecule has 0 fully saturated rings. The Kier molecular flexibility index (Phi) is 4.36. The van der Waals surface area contributed by atoms with Gasteiger partial charge in [0.1, 0.15) is 0 Å². The minimum atomic E-state index is -4.67. The lowest BCUT2D eigenvalue weighted by Gasteiger charge is -2.15. The fraction of sp³-hybridized carbons (Fsp3) is 0.100. The smallest absolute Gasteiger partial charge is 0.285 e. The molecule has 0 aliphatic rings. The number of tetrazole rings is 1. The second kappa shape index (κ2) is 7.11. The first kappa shape index (κ1) is 19.6. The topological polar surface area (TPSA) is 111 Å². The van der Waals surface area contributed by atoms with Gasteiger partial charge in [-0.15, -0.1) is 10.2 Å². The van der Waals surface area contributed by atoms with Crippen LogP contribution in [0.2, 0.25) is 0 Å². The van der Waals surface area contributed by atoms with E-state index >= 15 is 0 Å². The van der Waals surface area contributed by atoms with Gasteiger partial charge in [0.05, 0.1) is 34.9 Å². The quantitative estimate of drug-likeness (QED) is 0.462. The van der Waals surface area contributed by atoms with Crippen LogP contribution in [0.3, 0.4) is 0 Å². The van der Waals surface area contributed by atoms with Crippen molar-refractivity contribution in [2.75, 3.05) is 0 Å². The molecule has 0 aliphatic heterocycles. The van der Waals surface area contributed by atoms with Crippen molar-refractivity contribution < 1.29 is 13.2 Å². The molecule has 2 aromatic carbocycles. The summed E-state index contributed by atoms with van der Waals surface area (Å²) in [7, 11) is 0. The zero-order valence-corrected chi connectivity index (χ0v) is 16.0. The summed E-state index contributed by atoms with van der Waals surface area (Å²) in [5, 5.41) is 14.2. The maximum absolute atomic E-state index is 13.4. The van der Waals surface area contributed by atoms with E-state index in [0.29, 0.717) is 10.8 Å². The number of pyridine rings is 1. The monoisotopic (exact) mass is 439 g/mol. The van der Waals surface area contributed by atoms with E-state index in [1.54, 1.807) is 30.5 Å². The molecule has 5 aromatic rings. The maximum Gasteiger partial charge on any atom is 0.416 e. The summed E-state index contributed by atoms with van der Waals surface area (Å²) in [5.41, 5.74) is -2.50. The minimum Gasteiger partial charge on any atom is -0.285 e. The average molecular weight is 439 g/mol. The molecule has 9 nitrogen and oxygen atoms in total. The Morgan fingerprint density at radius 3 is 2.56 bits per heavy atom. The number of rotatable bonds is 3. The molecule has 0 spiro atoms. The van der Waals surface area contributed by atoms with Gasteiger partial charge >= 0.3 is 11.9 Å². The van der Waals surface area contributed by atoms with Gasteiger partial charge in [-0.25, -0.2) is 9.36 Å². The zero-order chi connectivity index (χ0) is 22.5. The molecule has 0 bridgehead atoms. The molecule has 5 rings (SSSR count). The van der Waals surface area contributed by atoms with Crippen LogP contribution in [-0.4, -0.2) is 34.7 Å². The summed E-state index contributed by atoms with van der Waals surface area (Å²) < 4.78 is 42.0. The second-order valence-corrected chi connectivity index (χ2v) is 6.95. The molecule has 160 valence electrons. The second-order valence-electron chi connectivity index (χ2n) is 6.95. The van der Waals surface area contributed by atoms with Crippen LogP contribution in [0, 0.1) is 0 Å². The Hall–Kier alpha value is -4.35. The van der Waals surface area contributed by atoms with E-state index in [-0.39, 0.29) is 29.0 Å². The predicted octanol–water partition coefficient (Wildman–Crippen LogP) is 2.28. The van der Waals surface area contributed by atoms with Crippen molar-refractivity contribution in [2.45, 2.75) is 12.7 Å². The molecule has 0 radical (unpaired) electrons. The number of nitrogens with zero attached hydrogens (tertiary/aromatic N) is 6. The van der Waals surface area contributed by atoms with Crippen molar-refractivity contribution in [1.29, 1.82) is 0 Å². The highest BCUT2D eigenvalue weighted by molar-refractivity contribution is 5.89. The summed E-state index contributed by atoms with van der Waals surface area (Å²) >= 11 is 0. The van der Waals surface area contributed by atoms with Crippen LogP contribution in [0.5, 0.6) is 0 Å². The van der Waals surface area contributed by atoms with Crippen LogP contribution in [0.4, 0.5) is 13.2 Å². The van der Waals surface area contributed by atoms with Gasteiger partial charge in [-0.05, 0) is 18.2 Å². The van der Waals surface area contributed by atoms with Crippen molar-refractivity contribution in [3.63, 3.8) is 0 Å². The highest BCUT2D eigenvalue weighted by Crippen LogP contribution is 2.30. The van der Waals surface area contributed by atoms with E-state index in [1.165, 1.54) is 6.20 Å². The summed E-state index contributed by atoms with van der Waals surface area (Å²) in [5.74, 6) is 0.120. The first-order valence-corrected chi connectivity index (χ1v) is 9.27. The number of hydrogen-bond acceptors (Lipinski definition) is 6. The Bertz CT molecular complexity index is 1580. The number of benzene rings is 2. The molecule has 3 aromatic heterocycles. The SMILES string of the molecule is O=c1c2cc(C(F)(F)F)ccc2n(Cc2nn[nH]n2)c(=O)n1-c1cncc2ccccc12. The van der Waals surface area contributed by atoms with Crippen molar-refractivity contribution >= 4 is 21.7 Å². The van der Waals surface area contributed by atoms with Crippen molar-refractivity contribution in [3.05, 3.63) is 87.1 Å². The molecule has 1 N–H and O–H groups in total. The Morgan fingerprint density at radius 1 is 1.00 bits per heavy atom. The van der Waals surface area contributed by atoms with E-state index < -0.39 is 23.0 Å². The lowest BCUT2D eigenvalue weighted by molar-refractivity contribution is -0.137. The molecular formula is C20H12F3N7O2. The van der Waals surface area contributed by atoms with Crippen LogP contribution >= 0.6 is 0 Å². The first-order valence-electron chi connectivity index (χ1n) is 9.27. The van der Waals surface area contributed by atoms with Gasteiger partial charge in [0.25, 0.3) is 5.56 Å². The third kappa shape index (κ3) is 3.12. The average Bonchev–Trinajstić information content (AvgIpc) is 3.29. The van der Waals surface area contributed by atoms with Gasteiger partial charge in [-0.2, -0.15) is 18.4 Å².